The van der Waals surface area contributed by atoms with Gasteiger partial charge in [-0.2, -0.15) is 0 Å². The van der Waals surface area contributed by atoms with E-state index >= 15 is 0 Å². The molecule has 1 aliphatic heterocycles. The summed E-state index contributed by atoms with van der Waals surface area (Å²) in [6.07, 6.45) is 0. The zero-order chi connectivity index (χ0) is 14.5. The minimum atomic E-state index is -0.364. The molecule has 106 valence electrons. The molecule has 0 radical (unpaired) electrons. The molecule has 0 saturated carbocycles. The van der Waals surface area contributed by atoms with Gasteiger partial charge in [-0.05, 0) is 25.8 Å². The van der Waals surface area contributed by atoms with Crippen LogP contribution in [0.15, 0.2) is 28.0 Å². The van der Waals surface area contributed by atoms with Crippen molar-refractivity contribution in [2.75, 3.05) is 13.2 Å². The number of rotatable bonds is 2. The van der Waals surface area contributed by atoms with Crippen molar-refractivity contribution in [2.24, 2.45) is 10.9 Å². The number of aliphatic imine (C=N–C) groups is 1. The van der Waals surface area contributed by atoms with Gasteiger partial charge in [0.05, 0.1) is 12.0 Å². The summed E-state index contributed by atoms with van der Waals surface area (Å²) < 4.78 is 5.44. The van der Waals surface area contributed by atoms with E-state index in [1.165, 1.54) is 6.07 Å². The minimum absolute atomic E-state index is 0.0980. The summed E-state index contributed by atoms with van der Waals surface area (Å²) in [5.41, 5.74) is 0.367. The maximum Gasteiger partial charge on any atom is 0.248 e. The molecule has 0 amide bonds. The van der Waals surface area contributed by atoms with E-state index in [2.05, 4.69) is 30.7 Å². The molecule has 2 rings (SSSR count). The van der Waals surface area contributed by atoms with Gasteiger partial charge < -0.3 is 9.72 Å². The van der Waals surface area contributed by atoms with Crippen LogP contribution < -0.4 is 5.56 Å². The Hall–Kier alpha value is -1.58. The number of nitrogens with one attached hydrogen (secondary N) is 1. The second-order valence-electron chi connectivity index (χ2n) is 5.82. The van der Waals surface area contributed by atoms with Crippen LogP contribution in [0.2, 0.25) is 0 Å². The topological polar surface area (TPSA) is 54.4 Å². The van der Waals surface area contributed by atoms with Gasteiger partial charge in [0.15, 0.2) is 5.90 Å². The van der Waals surface area contributed by atoms with Crippen molar-refractivity contribution >= 4 is 5.90 Å². The van der Waals surface area contributed by atoms with Crippen LogP contribution in [-0.4, -0.2) is 24.0 Å². The van der Waals surface area contributed by atoms with Crippen molar-refractivity contribution in [1.29, 1.82) is 0 Å². The first-order chi connectivity index (χ1) is 8.84. The van der Waals surface area contributed by atoms with Crippen molar-refractivity contribution in [3.63, 3.8) is 0 Å². The Bertz CT molecular complexity index is 484. The summed E-state index contributed by atoms with van der Waals surface area (Å²) >= 11 is 0. The molecule has 0 bridgehead atoms. The van der Waals surface area contributed by atoms with E-state index in [4.69, 9.17) is 4.74 Å². The Kier molecular flexibility index (Phi) is 5.33. The van der Waals surface area contributed by atoms with Crippen molar-refractivity contribution in [2.45, 2.75) is 40.0 Å². The highest BCUT2D eigenvalue weighted by Crippen LogP contribution is 2.24. The summed E-state index contributed by atoms with van der Waals surface area (Å²) in [5.74, 6) is 1.53. The average Bonchev–Trinajstić information content (AvgIpc) is 2.82. The van der Waals surface area contributed by atoms with Gasteiger partial charge in [-0.3, -0.25) is 9.79 Å². The van der Waals surface area contributed by atoms with Crippen LogP contribution >= 0.6 is 0 Å². The van der Waals surface area contributed by atoms with Crippen LogP contribution in [0.25, 0.3) is 0 Å². The molecule has 0 unspecified atom stereocenters. The van der Waals surface area contributed by atoms with Gasteiger partial charge in [0.25, 0.3) is 0 Å². The smallest absolute Gasteiger partial charge is 0.248 e. The highest BCUT2D eigenvalue weighted by atomic mass is 16.5. The molecule has 0 saturated heterocycles. The van der Waals surface area contributed by atoms with Crippen molar-refractivity contribution in [1.82, 2.24) is 4.98 Å². The van der Waals surface area contributed by atoms with Gasteiger partial charge in [0.2, 0.25) is 5.56 Å². The molecule has 0 fully saturated rings. The highest BCUT2D eigenvalue weighted by molar-refractivity contribution is 5.87. The van der Waals surface area contributed by atoms with Gasteiger partial charge in [0, 0.05) is 11.8 Å². The van der Waals surface area contributed by atoms with Crippen LogP contribution in [0.4, 0.5) is 0 Å². The van der Waals surface area contributed by atoms with Crippen LogP contribution in [-0.2, 0) is 10.2 Å². The lowest BCUT2D eigenvalue weighted by Gasteiger charge is -2.23. The molecular formula is C15H24N2O2. The quantitative estimate of drug-likeness (QED) is 0.893. The molecule has 19 heavy (non-hydrogen) atoms. The molecule has 0 aliphatic carbocycles. The summed E-state index contributed by atoms with van der Waals surface area (Å²) in [7, 11) is 0. The molecule has 2 heterocycles. The predicted molar refractivity (Wildman–Crippen MR) is 78.9 cm³/mol. The van der Waals surface area contributed by atoms with E-state index in [9.17, 15) is 4.79 Å². The number of ether oxygens (including phenoxy) is 1. The Morgan fingerprint density at radius 2 is 1.95 bits per heavy atom. The Labute approximate surface area is 114 Å². The largest absolute Gasteiger partial charge is 0.478 e. The van der Waals surface area contributed by atoms with Gasteiger partial charge in [-0.15, -0.1) is 0 Å². The molecule has 0 atom stereocenters. The number of hydrogen-bond donors (Lipinski definition) is 1. The lowest BCUT2D eigenvalue weighted by atomic mass is 9.88. The minimum Gasteiger partial charge on any atom is -0.478 e. The normalized spacial score (nSPS) is 14.5. The van der Waals surface area contributed by atoms with E-state index in [1.54, 1.807) is 6.07 Å². The number of pyridine rings is 1. The Morgan fingerprint density at radius 1 is 1.32 bits per heavy atom. The van der Waals surface area contributed by atoms with Crippen molar-refractivity contribution < 1.29 is 4.74 Å². The molecular weight excluding hydrogens is 240 g/mol. The molecule has 0 spiro atoms. The van der Waals surface area contributed by atoms with E-state index in [1.807, 2.05) is 19.9 Å². The van der Waals surface area contributed by atoms with Gasteiger partial charge in [0.1, 0.15) is 6.61 Å². The monoisotopic (exact) mass is 264 g/mol. The zero-order valence-electron chi connectivity index (χ0n) is 12.5. The van der Waals surface area contributed by atoms with E-state index in [0.717, 1.165) is 11.6 Å². The second kappa shape index (κ2) is 6.55. The zero-order valence-corrected chi connectivity index (χ0v) is 12.5. The summed E-state index contributed by atoms with van der Waals surface area (Å²) in [4.78, 5) is 18.3. The molecule has 4 heteroatoms. The predicted octanol–water partition coefficient (Wildman–Crippen LogP) is 2.74. The van der Waals surface area contributed by atoms with Crippen molar-refractivity contribution in [3.8, 4) is 0 Å². The first-order valence-corrected chi connectivity index (χ1v) is 6.71. The third kappa shape index (κ3) is 4.54. The number of H-pyrrole nitrogens is 1. The number of aromatic nitrogens is 1. The number of hydrogen-bond acceptors (Lipinski definition) is 3. The first kappa shape index (κ1) is 15.5. The lowest BCUT2D eigenvalue weighted by molar-refractivity contribution is 0.317. The SMILES string of the molecule is CC(C)(C1=NCCO1)c1cccc(=O)[nH]1.CC(C)C. The number of aromatic amines is 1. The lowest BCUT2D eigenvalue weighted by Crippen LogP contribution is -2.32. The molecule has 1 N–H and O–H groups in total. The van der Waals surface area contributed by atoms with Gasteiger partial charge in [-0.1, -0.05) is 26.8 Å². The highest BCUT2D eigenvalue weighted by Gasteiger charge is 2.31. The molecule has 0 aromatic carbocycles. The van der Waals surface area contributed by atoms with E-state index in [0.29, 0.717) is 19.0 Å². The maximum absolute atomic E-state index is 11.2. The van der Waals surface area contributed by atoms with Crippen LogP contribution in [0, 0.1) is 5.92 Å². The van der Waals surface area contributed by atoms with Crippen molar-refractivity contribution in [3.05, 3.63) is 34.2 Å². The van der Waals surface area contributed by atoms with Gasteiger partial charge >= 0.3 is 0 Å². The Morgan fingerprint density at radius 3 is 2.42 bits per heavy atom. The second-order valence-corrected chi connectivity index (χ2v) is 5.82. The third-order valence-corrected chi connectivity index (χ3v) is 2.56. The maximum atomic E-state index is 11.2. The van der Waals surface area contributed by atoms with Gasteiger partial charge in [-0.25, -0.2) is 0 Å². The first-order valence-electron chi connectivity index (χ1n) is 6.71. The Balaban J connectivity index is 0.000000399. The fourth-order valence-electron chi connectivity index (χ4n) is 1.64. The fraction of sp³-hybridized carbons (Fsp3) is 0.600. The van der Waals surface area contributed by atoms with Crippen LogP contribution in [0.1, 0.15) is 40.3 Å². The fourth-order valence-corrected chi connectivity index (χ4v) is 1.64. The molecule has 4 nitrogen and oxygen atoms in total. The summed E-state index contributed by atoms with van der Waals surface area (Å²) in [6.45, 7) is 11.8. The third-order valence-electron chi connectivity index (χ3n) is 2.56. The number of nitrogens with zero attached hydrogens (tertiary/aromatic N) is 1. The molecule has 1 aliphatic rings. The van der Waals surface area contributed by atoms with E-state index in [-0.39, 0.29) is 11.0 Å². The average molecular weight is 264 g/mol. The molecule has 1 aromatic rings. The standard InChI is InChI=1S/C11H14N2O2.C4H10/c1-11(2,10-12-6-7-15-10)8-4-3-5-9(14)13-8;1-4(2)3/h3-5H,6-7H2,1-2H3,(H,13,14);4H,1-3H3. The summed E-state index contributed by atoms with van der Waals surface area (Å²) in [5, 5.41) is 0. The van der Waals surface area contributed by atoms with E-state index < -0.39 is 0 Å². The van der Waals surface area contributed by atoms with Crippen LogP contribution in [0.5, 0.6) is 0 Å². The molecule has 1 aromatic heterocycles. The van der Waals surface area contributed by atoms with Crippen LogP contribution in [0.3, 0.4) is 0 Å². The summed E-state index contributed by atoms with van der Waals surface area (Å²) in [6, 6.07) is 5.12.